The van der Waals surface area contributed by atoms with Gasteiger partial charge in [0.15, 0.2) is 5.65 Å². The minimum atomic E-state index is 0.622. The maximum atomic E-state index is 5.68. The SMILES string of the molecule is C=CCN(CC=C)c1nc(C)nc2c(-c3c(C)cc(OC)cc3OC)c(C)nn12. The number of hydrogen-bond donors (Lipinski definition) is 0. The van der Waals surface area contributed by atoms with Crippen molar-refractivity contribution in [1.82, 2.24) is 19.6 Å². The lowest BCUT2D eigenvalue weighted by molar-refractivity contribution is 0.395. The van der Waals surface area contributed by atoms with E-state index >= 15 is 0 Å². The van der Waals surface area contributed by atoms with Gasteiger partial charge in [0.25, 0.3) is 0 Å². The number of aryl methyl sites for hydroxylation is 3. The summed E-state index contributed by atoms with van der Waals surface area (Å²) in [6.45, 7) is 14.8. The number of benzene rings is 1. The first-order valence-electron chi connectivity index (χ1n) is 9.38. The molecule has 7 heteroatoms. The van der Waals surface area contributed by atoms with Crippen molar-refractivity contribution >= 4 is 11.6 Å². The number of fused-ring (bicyclic) bond motifs is 1. The van der Waals surface area contributed by atoms with E-state index in [9.17, 15) is 0 Å². The smallest absolute Gasteiger partial charge is 0.230 e. The molecule has 3 rings (SSSR count). The Morgan fingerprint density at radius 1 is 1.00 bits per heavy atom. The van der Waals surface area contributed by atoms with Gasteiger partial charge in [-0.25, -0.2) is 4.98 Å². The quantitative estimate of drug-likeness (QED) is 0.541. The summed E-state index contributed by atoms with van der Waals surface area (Å²) in [7, 11) is 3.30. The van der Waals surface area contributed by atoms with E-state index in [1.807, 2.05) is 45.1 Å². The number of methoxy groups -OCH3 is 2. The summed E-state index contributed by atoms with van der Waals surface area (Å²) in [5, 5.41) is 4.77. The van der Waals surface area contributed by atoms with Crippen molar-refractivity contribution in [3.63, 3.8) is 0 Å². The van der Waals surface area contributed by atoms with Crippen molar-refractivity contribution in [2.24, 2.45) is 0 Å². The highest BCUT2D eigenvalue weighted by molar-refractivity contribution is 5.86. The second kappa shape index (κ2) is 8.34. The molecule has 0 N–H and O–H groups in total. The van der Waals surface area contributed by atoms with E-state index in [-0.39, 0.29) is 0 Å². The molecule has 0 atom stereocenters. The van der Waals surface area contributed by atoms with Crippen LogP contribution in [0.1, 0.15) is 17.1 Å². The molecular weight excluding hydrogens is 366 g/mol. The average Bonchev–Trinajstić information content (AvgIpc) is 3.02. The third-order valence-electron chi connectivity index (χ3n) is 4.72. The summed E-state index contributed by atoms with van der Waals surface area (Å²) in [6, 6.07) is 3.86. The fourth-order valence-corrected chi connectivity index (χ4v) is 3.50. The second-order valence-electron chi connectivity index (χ2n) is 6.77. The normalized spacial score (nSPS) is 10.8. The Balaban J connectivity index is 2.33. The number of rotatable bonds is 8. The van der Waals surface area contributed by atoms with Gasteiger partial charge in [-0.15, -0.1) is 13.2 Å². The Morgan fingerprint density at radius 2 is 1.69 bits per heavy atom. The van der Waals surface area contributed by atoms with E-state index in [1.165, 1.54) is 0 Å². The third kappa shape index (κ3) is 3.68. The van der Waals surface area contributed by atoms with E-state index in [2.05, 4.69) is 23.0 Å². The largest absolute Gasteiger partial charge is 0.497 e. The fourth-order valence-electron chi connectivity index (χ4n) is 3.50. The van der Waals surface area contributed by atoms with Crippen LogP contribution in [-0.4, -0.2) is 46.9 Å². The van der Waals surface area contributed by atoms with Crippen molar-refractivity contribution in [1.29, 1.82) is 0 Å². The minimum Gasteiger partial charge on any atom is -0.497 e. The van der Waals surface area contributed by atoms with Crippen LogP contribution in [-0.2, 0) is 0 Å². The van der Waals surface area contributed by atoms with Crippen LogP contribution >= 0.6 is 0 Å². The molecule has 1 aromatic carbocycles. The molecule has 0 aliphatic rings. The summed E-state index contributed by atoms with van der Waals surface area (Å²) in [4.78, 5) is 11.4. The average molecular weight is 393 g/mol. The van der Waals surface area contributed by atoms with Gasteiger partial charge in [-0.1, -0.05) is 12.2 Å². The monoisotopic (exact) mass is 393 g/mol. The summed E-state index contributed by atoms with van der Waals surface area (Å²) >= 11 is 0. The number of ether oxygens (including phenoxy) is 2. The summed E-state index contributed by atoms with van der Waals surface area (Å²) in [5.74, 6) is 2.82. The van der Waals surface area contributed by atoms with E-state index in [0.29, 0.717) is 30.6 Å². The van der Waals surface area contributed by atoms with Crippen molar-refractivity contribution in [2.45, 2.75) is 20.8 Å². The first-order chi connectivity index (χ1) is 13.9. The Morgan fingerprint density at radius 3 is 2.28 bits per heavy atom. The Hall–Kier alpha value is -3.35. The van der Waals surface area contributed by atoms with E-state index < -0.39 is 0 Å². The summed E-state index contributed by atoms with van der Waals surface area (Å²) < 4.78 is 12.9. The van der Waals surface area contributed by atoms with Crippen LogP contribution in [0.3, 0.4) is 0 Å². The summed E-state index contributed by atoms with van der Waals surface area (Å²) in [5.41, 5.74) is 4.46. The Kier molecular flexibility index (Phi) is 5.87. The molecule has 0 saturated heterocycles. The molecular formula is C22H27N5O2. The minimum absolute atomic E-state index is 0.622. The molecule has 7 nitrogen and oxygen atoms in total. The molecule has 2 heterocycles. The highest BCUT2D eigenvalue weighted by Gasteiger charge is 2.23. The van der Waals surface area contributed by atoms with Crippen LogP contribution in [0.2, 0.25) is 0 Å². The molecule has 0 aliphatic carbocycles. The topological polar surface area (TPSA) is 64.8 Å². The summed E-state index contributed by atoms with van der Waals surface area (Å²) in [6.07, 6.45) is 3.67. The number of anilines is 1. The first kappa shape index (κ1) is 20.4. The number of aromatic nitrogens is 4. The van der Waals surface area contributed by atoms with Crippen LogP contribution in [0, 0.1) is 20.8 Å². The lowest BCUT2D eigenvalue weighted by atomic mass is 9.99. The predicted octanol–water partition coefficient (Wildman–Crippen LogP) is 3.91. The lowest BCUT2D eigenvalue weighted by Crippen LogP contribution is -2.27. The van der Waals surface area contributed by atoms with Crippen LogP contribution < -0.4 is 14.4 Å². The van der Waals surface area contributed by atoms with Gasteiger partial charge in [0.2, 0.25) is 5.95 Å². The van der Waals surface area contributed by atoms with Crippen LogP contribution in [0.15, 0.2) is 37.4 Å². The second-order valence-corrected chi connectivity index (χ2v) is 6.77. The van der Waals surface area contributed by atoms with Crippen molar-refractivity contribution in [3.05, 3.63) is 54.5 Å². The van der Waals surface area contributed by atoms with Crippen molar-refractivity contribution in [2.75, 3.05) is 32.2 Å². The fraction of sp³-hybridized carbons (Fsp3) is 0.318. The zero-order valence-electron chi connectivity index (χ0n) is 17.7. The molecule has 0 amide bonds. The van der Waals surface area contributed by atoms with Gasteiger partial charge in [-0.3, -0.25) is 0 Å². The van der Waals surface area contributed by atoms with Gasteiger partial charge in [0, 0.05) is 24.7 Å². The van der Waals surface area contributed by atoms with Crippen molar-refractivity contribution < 1.29 is 9.47 Å². The highest BCUT2D eigenvalue weighted by atomic mass is 16.5. The zero-order valence-corrected chi connectivity index (χ0v) is 17.7. The molecule has 3 aromatic rings. The standard InChI is InChI=1S/C22H27N5O2/c1-8-10-26(11-9-2)22-24-16(5)23-21-20(15(4)25-27(21)22)19-14(3)12-17(28-6)13-18(19)29-7/h8-9,12-13H,1-2,10-11H2,3-7H3. The van der Waals surface area contributed by atoms with E-state index in [1.54, 1.807) is 18.7 Å². The molecule has 0 spiro atoms. The Labute approximate surface area is 171 Å². The molecule has 29 heavy (non-hydrogen) atoms. The van der Waals surface area contributed by atoms with Crippen LogP contribution in [0.5, 0.6) is 11.5 Å². The molecule has 152 valence electrons. The maximum absolute atomic E-state index is 5.68. The van der Waals surface area contributed by atoms with Gasteiger partial charge in [-0.05, 0) is 32.4 Å². The van der Waals surface area contributed by atoms with Crippen molar-refractivity contribution in [3.8, 4) is 22.6 Å². The first-order valence-corrected chi connectivity index (χ1v) is 9.38. The predicted molar refractivity (Wildman–Crippen MR) is 116 cm³/mol. The molecule has 0 saturated carbocycles. The third-order valence-corrected chi connectivity index (χ3v) is 4.72. The molecule has 2 aromatic heterocycles. The highest BCUT2D eigenvalue weighted by Crippen LogP contribution is 2.40. The molecule has 0 bridgehead atoms. The van der Waals surface area contributed by atoms with E-state index in [0.717, 1.165) is 33.8 Å². The zero-order chi connectivity index (χ0) is 21.1. The number of nitrogens with zero attached hydrogens (tertiary/aromatic N) is 5. The number of hydrogen-bond acceptors (Lipinski definition) is 6. The van der Waals surface area contributed by atoms with Crippen LogP contribution in [0.25, 0.3) is 16.8 Å². The van der Waals surface area contributed by atoms with Crippen LogP contribution in [0.4, 0.5) is 5.95 Å². The maximum Gasteiger partial charge on any atom is 0.230 e. The lowest BCUT2D eigenvalue weighted by Gasteiger charge is -2.21. The molecule has 0 fully saturated rings. The van der Waals surface area contributed by atoms with Gasteiger partial charge in [0.1, 0.15) is 17.3 Å². The van der Waals surface area contributed by atoms with Gasteiger partial charge >= 0.3 is 0 Å². The van der Waals surface area contributed by atoms with Gasteiger partial charge in [-0.2, -0.15) is 14.6 Å². The Bertz CT molecular complexity index is 1060. The van der Waals surface area contributed by atoms with Gasteiger partial charge in [0.05, 0.1) is 25.5 Å². The van der Waals surface area contributed by atoms with E-state index in [4.69, 9.17) is 19.6 Å². The molecule has 0 unspecified atom stereocenters. The van der Waals surface area contributed by atoms with Gasteiger partial charge < -0.3 is 14.4 Å². The molecule has 0 aliphatic heterocycles. The molecule has 0 radical (unpaired) electrons.